The number of hydrogen-bond donors (Lipinski definition) is 2. The molecule has 24 heavy (non-hydrogen) atoms. The molecule has 3 aromatic rings. The van der Waals surface area contributed by atoms with Crippen molar-refractivity contribution >= 4 is 29.5 Å². The van der Waals surface area contributed by atoms with E-state index in [9.17, 15) is 4.79 Å². The van der Waals surface area contributed by atoms with Crippen LogP contribution in [0.5, 0.6) is 0 Å². The van der Waals surface area contributed by atoms with Gasteiger partial charge in [-0.1, -0.05) is 28.9 Å². The summed E-state index contributed by atoms with van der Waals surface area (Å²) in [6.45, 7) is 1.63. The number of carbonyl (C=O) groups is 1. The lowest BCUT2D eigenvalue weighted by atomic mass is 10.2. The van der Waals surface area contributed by atoms with Crippen molar-refractivity contribution in [2.24, 2.45) is 5.10 Å². The molecule has 0 atom stereocenters. The summed E-state index contributed by atoms with van der Waals surface area (Å²) < 4.78 is 5.75. The van der Waals surface area contributed by atoms with Crippen molar-refractivity contribution in [1.29, 1.82) is 0 Å². The maximum atomic E-state index is 12.1. The molecular weight excluding hydrogens is 336 g/mol. The van der Waals surface area contributed by atoms with Crippen LogP contribution in [-0.4, -0.2) is 37.4 Å². The van der Waals surface area contributed by atoms with E-state index in [2.05, 4.69) is 35.8 Å². The summed E-state index contributed by atoms with van der Waals surface area (Å²) in [5.41, 5.74) is 9.18. The van der Waals surface area contributed by atoms with Gasteiger partial charge in [0, 0.05) is 5.02 Å². The molecule has 1 amide bonds. The van der Waals surface area contributed by atoms with E-state index in [4.69, 9.17) is 17.3 Å². The van der Waals surface area contributed by atoms with Gasteiger partial charge in [0.05, 0.1) is 11.9 Å². The van der Waals surface area contributed by atoms with Gasteiger partial charge in [-0.15, -0.1) is 5.10 Å². The van der Waals surface area contributed by atoms with Crippen molar-refractivity contribution < 1.29 is 9.42 Å². The number of benzene rings is 1. The Morgan fingerprint density at radius 1 is 1.46 bits per heavy atom. The number of nitrogens with zero attached hydrogens (tertiary/aromatic N) is 6. The zero-order valence-corrected chi connectivity index (χ0v) is 13.1. The molecule has 2 aromatic heterocycles. The topological polar surface area (TPSA) is 137 Å². The van der Waals surface area contributed by atoms with E-state index in [0.717, 1.165) is 5.56 Å². The van der Waals surface area contributed by atoms with Gasteiger partial charge in [0.15, 0.2) is 5.69 Å². The van der Waals surface area contributed by atoms with E-state index >= 15 is 0 Å². The highest BCUT2D eigenvalue weighted by molar-refractivity contribution is 6.30. The molecule has 0 fully saturated rings. The molecule has 3 rings (SSSR count). The number of halogens is 1. The highest BCUT2D eigenvalue weighted by atomic mass is 35.5. The second-order valence-electron chi connectivity index (χ2n) is 4.66. The lowest BCUT2D eigenvalue weighted by Gasteiger charge is -1.99. The highest BCUT2D eigenvalue weighted by Crippen LogP contribution is 2.14. The molecule has 0 aliphatic heterocycles. The van der Waals surface area contributed by atoms with E-state index in [1.807, 2.05) is 0 Å². The fraction of sp³-hybridized carbons (Fsp3) is 0.0769. The number of hydrazone groups is 1. The van der Waals surface area contributed by atoms with Crippen molar-refractivity contribution in [3.8, 4) is 5.82 Å². The fourth-order valence-corrected chi connectivity index (χ4v) is 2.08. The third kappa shape index (κ3) is 3.08. The Bertz CT molecular complexity index is 916. The van der Waals surface area contributed by atoms with Crippen molar-refractivity contribution in [2.45, 2.75) is 6.92 Å². The second kappa shape index (κ2) is 6.46. The number of aromatic nitrogens is 5. The molecule has 122 valence electrons. The lowest BCUT2D eigenvalue weighted by molar-refractivity contribution is 0.0949. The van der Waals surface area contributed by atoms with Crippen LogP contribution in [0, 0.1) is 6.92 Å². The van der Waals surface area contributed by atoms with E-state index < -0.39 is 5.91 Å². The molecule has 0 saturated carbocycles. The Morgan fingerprint density at radius 2 is 2.29 bits per heavy atom. The molecule has 0 radical (unpaired) electrons. The number of amides is 1. The summed E-state index contributed by atoms with van der Waals surface area (Å²) >= 11 is 5.87. The van der Waals surface area contributed by atoms with Crippen LogP contribution in [0.25, 0.3) is 5.82 Å². The van der Waals surface area contributed by atoms with Crippen LogP contribution < -0.4 is 11.2 Å². The van der Waals surface area contributed by atoms with Gasteiger partial charge in [-0.05, 0) is 34.9 Å². The van der Waals surface area contributed by atoms with Crippen LogP contribution in [0.4, 0.5) is 5.82 Å². The van der Waals surface area contributed by atoms with Crippen LogP contribution in [-0.2, 0) is 0 Å². The largest absolute Gasteiger partial charge is 0.378 e. The SMILES string of the molecule is Cc1c(C(=O)N/N=C/c2cccc(Cl)c2)nnn1-c1nonc1N. The first-order valence-electron chi connectivity index (χ1n) is 6.66. The minimum atomic E-state index is -0.535. The van der Waals surface area contributed by atoms with Crippen molar-refractivity contribution in [1.82, 2.24) is 30.7 Å². The van der Waals surface area contributed by atoms with Gasteiger partial charge in [-0.2, -0.15) is 9.78 Å². The number of rotatable bonds is 4. The molecule has 0 bridgehead atoms. The first kappa shape index (κ1) is 15.6. The van der Waals surface area contributed by atoms with Crippen molar-refractivity contribution in [3.05, 3.63) is 46.2 Å². The predicted molar refractivity (Wildman–Crippen MR) is 84.9 cm³/mol. The quantitative estimate of drug-likeness (QED) is 0.530. The Labute approximate surface area is 140 Å². The second-order valence-corrected chi connectivity index (χ2v) is 5.10. The van der Waals surface area contributed by atoms with Gasteiger partial charge >= 0.3 is 0 Å². The first-order chi connectivity index (χ1) is 11.6. The van der Waals surface area contributed by atoms with E-state index in [1.165, 1.54) is 10.9 Å². The van der Waals surface area contributed by atoms with Crippen LogP contribution in [0.3, 0.4) is 0 Å². The summed E-state index contributed by atoms with van der Waals surface area (Å²) in [5, 5.41) is 19.1. The van der Waals surface area contributed by atoms with E-state index in [1.54, 1.807) is 31.2 Å². The zero-order valence-electron chi connectivity index (χ0n) is 12.3. The fourth-order valence-electron chi connectivity index (χ4n) is 1.88. The number of nitrogens with one attached hydrogen (secondary N) is 1. The molecule has 0 spiro atoms. The summed E-state index contributed by atoms with van der Waals surface area (Å²) in [6.07, 6.45) is 1.46. The van der Waals surface area contributed by atoms with Gasteiger partial charge < -0.3 is 5.73 Å². The van der Waals surface area contributed by atoms with Crippen LogP contribution in [0.1, 0.15) is 21.7 Å². The average Bonchev–Trinajstić information content (AvgIpc) is 3.13. The number of nitrogen functional groups attached to an aromatic ring is 1. The molecular formula is C13H11ClN8O2. The smallest absolute Gasteiger partial charge is 0.293 e. The third-order valence-corrected chi connectivity index (χ3v) is 3.27. The minimum Gasteiger partial charge on any atom is -0.378 e. The number of hydrogen-bond acceptors (Lipinski definition) is 8. The van der Waals surface area contributed by atoms with Gasteiger partial charge in [0.1, 0.15) is 0 Å². The van der Waals surface area contributed by atoms with Crippen molar-refractivity contribution in [3.63, 3.8) is 0 Å². The Hall–Kier alpha value is -3.27. The van der Waals surface area contributed by atoms with Crippen LogP contribution in [0.2, 0.25) is 5.02 Å². The zero-order chi connectivity index (χ0) is 17.1. The highest BCUT2D eigenvalue weighted by Gasteiger charge is 2.20. The van der Waals surface area contributed by atoms with Gasteiger partial charge in [0.25, 0.3) is 5.91 Å². The van der Waals surface area contributed by atoms with Crippen molar-refractivity contribution in [2.75, 3.05) is 5.73 Å². The van der Waals surface area contributed by atoms with Gasteiger partial charge in [-0.3, -0.25) is 4.79 Å². The van der Waals surface area contributed by atoms with Crippen LogP contribution in [0.15, 0.2) is 34.0 Å². The number of anilines is 1. The summed E-state index contributed by atoms with van der Waals surface area (Å²) in [6, 6.07) is 7.02. The summed E-state index contributed by atoms with van der Waals surface area (Å²) in [7, 11) is 0. The molecule has 0 aliphatic rings. The van der Waals surface area contributed by atoms with Crippen LogP contribution >= 0.6 is 11.6 Å². The maximum Gasteiger partial charge on any atom is 0.293 e. The molecule has 11 heteroatoms. The third-order valence-electron chi connectivity index (χ3n) is 3.03. The number of nitrogens with two attached hydrogens (primary N) is 1. The Morgan fingerprint density at radius 3 is 3.00 bits per heavy atom. The monoisotopic (exact) mass is 346 g/mol. The van der Waals surface area contributed by atoms with Gasteiger partial charge in [-0.25, -0.2) is 10.1 Å². The predicted octanol–water partition coefficient (Wildman–Crippen LogP) is 0.958. The molecule has 0 aliphatic carbocycles. The summed E-state index contributed by atoms with van der Waals surface area (Å²) in [5.74, 6) is -0.345. The number of carbonyl (C=O) groups excluding carboxylic acids is 1. The normalized spacial score (nSPS) is 11.1. The van der Waals surface area contributed by atoms with E-state index in [0.29, 0.717) is 10.7 Å². The molecule has 0 saturated heterocycles. The lowest BCUT2D eigenvalue weighted by Crippen LogP contribution is -2.19. The standard InChI is InChI=1S/C13H11ClN8O2/c1-7-10(17-21-22(7)12-11(15)19-24-20-12)13(23)18-16-6-8-3-2-4-9(14)5-8/h2-6H,1H3,(H2,15,19)(H,18,23)/b16-6+. The molecule has 3 N–H and O–H groups in total. The maximum absolute atomic E-state index is 12.1. The van der Waals surface area contributed by atoms with Gasteiger partial charge in [0.2, 0.25) is 11.6 Å². The summed E-state index contributed by atoms with van der Waals surface area (Å²) in [4.78, 5) is 12.1. The molecule has 1 aromatic carbocycles. The first-order valence-corrected chi connectivity index (χ1v) is 7.03. The van der Waals surface area contributed by atoms with E-state index in [-0.39, 0.29) is 17.3 Å². The molecule has 2 heterocycles. The Balaban J connectivity index is 1.74. The Kier molecular flexibility index (Phi) is 4.20. The molecule has 0 unspecified atom stereocenters. The minimum absolute atomic E-state index is 0.0361. The average molecular weight is 347 g/mol. The molecule has 10 nitrogen and oxygen atoms in total.